The van der Waals surface area contributed by atoms with Crippen LogP contribution in [0.1, 0.15) is 47.2 Å². The van der Waals surface area contributed by atoms with Crippen LogP contribution in [0.3, 0.4) is 0 Å². The molecule has 1 saturated carbocycles. The molecule has 2 fully saturated rings. The van der Waals surface area contributed by atoms with E-state index in [1.807, 2.05) is 30.9 Å². The van der Waals surface area contributed by atoms with Gasteiger partial charge in [0.05, 0.1) is 24.3 Å². The summed E-state index contributed by atoms with van der Waals surface area (Å²) in [5.74, 6) is -0.164. The summed E-state index contributed by atoms with van der Waals surface area (Å²) < 4.78 is 5.85. The van der Waals surface area contributed by atoms with Gasteiger partial charge in [-0.1, -0.05) is 24.5 Å². The number of aromatic nitrogens is 1. The molecule has 0 bridgehead atoms. The van der Waals surface area contributed by atoms with Gasteiger partial charge < -0.3 is 14.6 Å². The molecule has 2 heterocycles. The highest BCUT2D eigenvalue weighted by molar-refractivity contribution is 5.98. The van der Waals surface area contributed by atoms with Gasteiger partial charge in [0.2, 0.25) is 0 Å². The van der Waals surface area contributed by atoms with E-state index in [0.717, 1.165) is 47.7 Å². The molecule has 0 spiro atoms. The number of pyridine rings is 1. The first-order chi connectivity index (χ1) is 12.0. The molecule has 1 saturated heterocycles. The molecular weight excluding hydrogens is 316 g/mol. The first kappa shape index (κ1) is 16.3. The average molecular weight is 340 g/mol. The fourth-order valence-electron chi connectivity index (χ4n) is 4.35. The zero-order chi connectivity index (χ0) is 17.6. The van der Waals surface area contributed by atoms with Crippen molar-refractivity contribution in [1.29, 1.82) is 0 Å². The molecule has 1 aliphatic heterocycles. The van der Waals surface area contributed by atoms with Crippen molar-refractivity contribution in [2.24, 2.45) is 0 Å². The normalized spacial score (nSPS) is 23.5. The van der Waals surface area contributed by atoms with Crippen molar-refractivity contribution in [3.05, 3.63) is 45.2 Å². The minimum atomic E-state index is -0.302. The predicted octanol–water partition coefficient (Wildman–Crippen LogP) is 2.93. The van der Waals surface area contributed by atoms with Crippen LogP contribution in [-0.4, -0.2) is 41.1 Å². The first-order valence-corrected chi connectivity index (χ1v) is 9.11. The number of amides is 1. The predicted molar refractivity (Wildman–Crippen MR) is 97.1 cm³/mol. The maximum atomic E-state index is 13.1. The van der Waals surface area contributed by atoms with Gasteiger partial charge in [-0.25, -0.2) is 0 Å². The average Bonchev–Trinajstić information content (AvgIpc) is 2.61. The highest BCUT2D eigenvalue weighted by atomic mass is 16.5. The van der Waals surface area contributed by atoms with Crippen molar-refractivity contribution >= 4 is 16.8 Å². The van der Waals surface area contributed by atoms with Crippen molar-refractivity contribution in [1.82, 2.24) is 9.88 Å². The van der Waals surface area contributed by atoms with E-state index in [4.69, 9.17) is 4.74 Å². The van der Waals surface area contributed by atoms with Crippen molar-refractivity contribution in [2.75, 3.05) is 13.2 Å². The summed E-state index contributed by atoms with van der Waals surface area (Å²) in [4.78, 5) is 30.5. The Hall–Kier alpha value is -2.14. The van der Waals surface area contributed by atoms with Crippen LogP contribution < -0.4 is 5.56 Å². The number of hydrogen-bond acceptors (Lipinski definition) is 3. The molecule has 4 rings (SSSR count). The Morgan fingerprint density at radius 2 is 2.00 bits per heavy atom. The van der Waals surface area contributed by atoms with Gasteiger partial charge in [0.15, 0.2) is 0 Å². The number of ether oxygens (including phenoxy) is 1. The summed E-state index contributed by atoms with van der Waals surface area (Å²) in [6.45, 7) is 5.11. The van der Waals surface area contributed by atoms with Crippen LogP contribution in [0.4, 0.5) is 0 Å². The Kier molecular flexibility index (Phi) is 4.12. The van der Waals surface area contributed by atoms with Crippen LogP contribution in [0.25, 0.3) is 10.9 Å². The zero-order valence-electron chi connectivity index (χ0n) is 14.8. The molecule has 2 aromatic rings. The summed E-state index contributed by atoms with van der Waals surface area (Å²) in [5, 5.41) is 0.911. The molecule has 5 nitrogen and oxygen atoms in total. The second-order valence-corrected chi connectivity index (χ2v) is 7.32. The number of morpholine rings is 1. The second kappa shape index (κ2) is 6.30. The van der Waals surface area contributed by atoms with E-state index in [9.17, 15) is 9.59 Å². The largest absolute Gasteiger partial charge is 0.374 e. The number of H-pyrrole nitrogens is 1. The first-order valence-electron chi connectivity index (χ1n) is 9.11. The number of fused-ring (bicyclic) bond motifs is 2. The maximum Gasteiger partial charge on any atom is 0.261 e. The number of aromatic amines is 1. The van der Waals surface area contributed by atoms with Gasteiger partial charge in [-0.05, 0) is 49.8 Å². The van der Waals surface area contributed by atoms with E-state index in [2.05, 4.69) is 4.98 Å². The summed E-state index contributed by atoms with van der Waals surface area (Å²) in [6.07, 6.45) is 4.34. The van der Waals surface area contributed by atoms with Crippen molar-refractivity contribution in [3.63, 3.8) is 0 Å². The Balaban J connectivity index is 1.74. The minimum absolute atomic E-state index is 0.101. The van der Waals surface area contributed by atoms with Crippen molar-refractivity contribution in [2.45, 2.75) is 51.7 Å². The topological polar surface area (TPSA) is 62.4 Å². The quantitative estimate of drug-likeness (QED) is 0.868. The van der Waals surface area contributed by atoms with Crippen LogP contribution in [0.5, 0.6) is 0 Å². The second-order valence-electron chi connectivity index (χ2n) is 7.32. The zero-order valence-corrected chi connectivity index (χ0v) is 14.8. The summed E-state index contributed by atoms with van der Waals surface area (Å²) in [6, 6.07) is 5.90. The van der Waals surface area contributed by atoms with E-state index in [-0.39, 0.29) is 29.2 Å². The van der Waals surface area contributed by atoms with Crippen LogP contribution >= 0.6 is 0 Å². The Bertz CT molecular complexity index is 884. The summed E-state index contributed by atoms with van der Waals surface area (Å²) >= 11 is 0. The van der Waals surface area contributed by atoms with Gasteiger partial charge in [-0.3, -0.25) is 9.59 Å². The maximum absolute atomic E-state index is 13.1. The molecule has 1 aromatic heterocycles. The molecule has 1 aromatic carbocycles. The molecule has 1 amide bonds. The Morgan fingerprint density at radius 1 is 1.20 bits per heavy atom. The van der Waals surface area contributed by atoms with Gasteiger partial charge in [0.25, 0.3) is 11.5 Å². The van der Waals surface area contributed by atoms with Crippen LogP contribution in [0, 0.1) is 13.8 Å². The SMILES string of the molecule is Cc1cc(C)c2[nH]c(=O)c(C(=O)N3CCOC4CCCCC43)cc2c1. The lowest BCUT2D eigenvalue weighted by Crippen LogP contribution is -2.55. The standard InChI is InChI=1S/C20H24N2O3/c1-12-9-13(2)18-14(10-12)11-15(19(23)21-18)20(24)22-7-8-25-17-6-4-3-5-16(17)22/h9-11,16-17H,3-8H2,1-2H3,(H,21,23). The lowest BCUT2D eigenvalue weighted by Gasteiger charge is -2.43. The monoisotopic (exact) mass is 340 g/mol. The number of carbonyl (C=O) groups is 1. The molecule has 2 unspecified atom stereocenters. The molecule has 132 valence electrons. The fourth-order valence-corrected chi connectivity index (χ4v) is 4.35. The number of benzene rings is 1. The van der Waals surface area contributed by atoms with E-state index in [1.54, 1.807) is 6.07 Å². The lowest BCUT2D eigenvalue weighted by atomic mass is 9.89. The van der Waals surface area contributed by atoms with Crippen molar-refractivity contribution < 1.29 is 9.53 Å². The number of hydrogen-bond donors (Lipinski definition) is 1. The molecule has 0 radical (unpaired) electrons. The summed E-state index contributed by atoms with van der Waals surface area (Å²) in [5.41, 5.74) is 2.88. The van der Waals surface area contributed by atoms with Crippen LogP contribution in [0.2, 0.25) is 0 Å². The number of carbonyl (C=O) groups excluding carboxylic acids is 1. The molecule has 1 N–H and O–H groups in total. The van der Waals surface area contributed by atoms with Crippen LogP contribution in [0.15, 0.2) is 23.0 Å². The lowest BCUT2D eigenvalue weighted by molar-refractivity contribution is -0.0753. The third-order valence-corrected chi connectivity index (χ3v) is 5.52. The van der Waals surface area contributed by atoms with Crippen molar-refractivity contribution in [3.8, 4) is 0 Å². The minimum Gasteiger partial charge on any atom is -0.374 e. The van der Waals surface area contributed by atoms with E-state index >= 15 is 0 Å². The van der Waals surface area contributed by atoms with E-state index < -0.39 is 0 Å². The fraction of sp³-hybridized carbons (Fsp3) is 0.500. The molecule has 1 aliphatic carbocycles. The highest BCUT2D eigenvalue weighted by Gasteiger charge is 2.37. The van der Waals surface area contributed by atoms with Gasteiger partial charge in [-0.2, -0.15) is 0 Å². The van der Waals surface area contributed by atoms with E-state index in [1.165, 1.54) is 0 Å². The summed E-state index contributed by atoms with van der Waals surface area (Å²) in [7, 11) is 0. The molecule has 5 heteroatoms. The van der Waals surface area contributed by atoms with Gasteiger partial charge in [0, 0.05) is 6.54 Å². The van der Waals surface area contributed by atoms with Gasteiger partial charge in [-0.15, -0.1) is 0 Å². The third-order valence-electron chi connectivity index (χ3n) is 5.52. The number of nitrogens with one attached hydrogen (secondary N) is 1. The Labute approximate surface area is 147 Å². The highest BCUT2D eigenvalue weighted by Crippen LogP contribution is 2.29. The Morgan fingerprint density at radius 3 is 2.84 bits per heavy atom. The number of aryl methyl sites for hydroxylation is 2. The van der Waals surface area contributed by atoms with E-state index in [0.29, 0.717) is 13.2 Å². The third kappa shape index (κ3) is 2.86. The molecule has 2 atom stereocenters. The molecular formula is C20H24N2O3. The molecule has 2 aliphatic rings. The van der Waals surface area contributed by atoms with Gasteiger partial charge in [0.1, 0.15) is 5.56 Å². The molecule has 25 heavy (non-hydrogen) atoms. The van der Waals surface area contributed by atoms with Crippen LogP contribution in [-0.2, 0) is 4.74 Å². The number of nitrogens with zero attached hydrogens (tertiary/aromatic N) is 1. The number of rotatable bonds is 1. The van der Waals surface area contributed by atoms with Gasteiger partial charge >= 0.3 is 0 Å². The smallest absolute Gasteiger partial charge is 0.261 e.